The quantitative estimate of drug-likeness (QED) is 0.622. The molecule has 2 N–H and O–H groups in total. The molecule has 0 aliphatic heterocycles. The third-order valence-electron chi connectivity index (χ3n) is 3.68. The molecule has 0 bridgehead atoms. The highest BCUT2D eigenvalue weighted by Crippen LogP contribution is 2.14. The molecule has 0 aliphatic rings. The van der Waals surface area contributed by atoms with Gasteiger partial charge in [0.05, 0.1) is 17.5 Å². The van der Waals surface area contributed by atoms with Gasteiger partial charge in [0.25, 0.3) is 11.6 Å². The number of nitrogens with one attached hydrogen (secondary N) is 2. The molecule has 130 valence electrons. The smallest absolute Gasteiger partial charge is 0.270 e. The largest absolute Gasteiger partial charge is 0.348 e. The zero-order chi connectivity index (χ0) is 18.4. The van der Waals surface area contributed by atoms with Crippen molar-refractivity contribution in [2.75, 3.05) is 6.54 Å². The van der Waals surface area contributed by atoms with Gasteiger partial charge in [-0.2, -0.15) is 0 Å². The number of nitro benzene ring substituents is 1. The van der Waals surface area contributed by atoms with Crippen LogP contribution in [-0.4, -0.2) is 23.3 Å². The van der Waals surface area contributed by atoms with E-state index in [9.17, 15) is 19.7 Å². The summed E-state index contributed by atoms with van der Waals surface area (Å²) in [5, 5.41) is 16.0. The van der Waals surface area contributed by atoms with Crippen molar-refractivity contribution in [3.8, 4) is 0 Å². The summed E-state index contributed by atoms with van der Waals surface area (Å²) < 4.78 is 0. The molecule has 0 spiro atoms. The van der Waals surface area contributed by atoms with Crippen molar-refractivity contribution < 1.29 is 14.5 Å². The highest BCUT2D eigenvalue weighted by atomic mass is 16.6. The van der Waals surface area contributed by atoms with Gasteiger partial charge in [-0.1, -0.05) is 35.9 Å². The molecule has 1 atom stereocenters. The van der Waals surface area contributed by atoms with E-state index >= 15 is 0 Å². The number of nitrogens with zero attached hydrogens (tertiary/aromatic N) is 1. The molecule has 2 aromatic carbocycles. The van der Waals surface area contributed by atoms with Gasteiger partial charge in [0.2, 0.25) is 5.91 Å². The van der Waals surface area contributed by atoms with Gasteiger partial charge in [-0.3, -0.25) is 19.7 Å². The molecular weight excluding hydrogens is 322 g/mol. The number of hydrogen-bond acceptors (Lipinski definition) is 4. The van der Waals surface area contributed by atoms with E-state index in [1.54, 1.807) is 0 Å². The number of nitro groups is 1. The van der Waals surface area contributed by atoms with Crippen LogP contribution in [0.2, 0.25) is 0 Å². The van der Waals surface area contributed by atoms with Crippen molar-refractivity contribution >= 4 is 17.5 Å². The van der Waals surface area contributed by atoms with Crippen LogP contribution in [0.5, 0.6) is 0 Å². The van der Waals surface area contributed by atoms with E-state index in [1.165, 1.54) is 24.3 Å². The predicted molar refractivity (Wildman–Crippen MR) is 93.2 cm³/mol. The van der Waals surface area contributed by atoms with Crippen LogP contribution in [0.15, 0.2) is 48.5 Å². The molecule has 0 saturated heterocycles. The fraction of sp³-hybridized carbons (Fsp3) is 0.222. The maximum absolute atomic E-state index is 12.0. The predicted octanol–water partition coefficient (Wildman–Crippen LogP) is 2.51. The van der Waals surface area contributed by atoms with Crippen molar-refractivity contribution in [2.45, 2.75) is 19.9 Å². The van der Waals surface area contributed by atoms with Crippen molar-refractivity contribution in [3.05, 3.63) is 75.3 Å². The average molecular weight is 341 g/mol. The van der Waals surface area contributed by atoms with Gasteiger partial charge in [0, 0.05) is 17.7 Å². The van der Waals surface area contributed by atoms with Gasteiger partial charge in [0.15, 0.2) is 0 Å². The first-order chi connectivity index (χ1) is 11.9. The molecule has 0 aromatic heterocycles. The average Bonchev–Trinajstić information content (AvgIpc) is 2.60. The first kappa shape index (κ1) is 18.1. The van der Waals surface area contributed by atoms with Crippen LogP contribution in [0.3, 0.4) is 0 Å². The Morgan fingerprint density at radius 2 is 1.84 bits per heavy atom. The van der Waals surface area contributed by atoms with E-state index in [1.807, 2.05) is 38.1 Å². The number of benzene rings is 2. The van der Waals surface area contributed by atoms with Crippen LogP contribution >= 0.6 is 0 Å². The fourth-order valence-corrected chi connectivity index (χ4v) is 2.25. The van der Waals surface area contributed by atoms with Gasteiger partial charge >= 0.3 is 0 Å². The number of amides is 2. The molecule has 0 saturated carbocycles. The summed E-state index contributed by atoms with van der Waals surface area (Å²) in [5.41, 5.74) is 2.05. The third kappa shape index (κ3) is 5.13. The molecule has 7 heteroatoms. The number of rotatable bonds is 6. The van der Waals surface area contributed by atoms with Crippen molar-refractivity contribution in [1.29, 1.82) is 0 Å². The zero-order valence-corrected chi connectivity index (χ0v) is 14.0. The summed E-state index contributed by atoms with van der Waals surface area (Å²) in [5.74, 6) is -0.881. The molecule has 0 heterocycles. The highest BCUT2D eigenvalue weighted by molar-refractivity contribution is 5.96. The fourth-order valence-electron chi connectivity index (χ4n) is 2.25. The topological polar surface area (TPSA) is 101 Å². The second-order valence-corrected chi connectivity index (χ2v) is 5.69. The summed E-state index contributed by atoms with van der Waals surface area (Å²) in [4.78, 5) is 34.1. The lowest BCUT2D eigenvalue weighted by atomic mass is 10.1. The van der Waals surface area contributed by atoms with E-state index in [4.69, 9.17) is 0 Å². The van der Waals surface area contributed by atoms with Gasteiger partial charge in [-0.15, -0.1) is 0 Å². The molecule has 0 aliphatic carbocycles. The lowest BCUT2D eigenvalue weighted by molar-refractivity contribution is -0.384. The Hall–Kier alpha value is -3.22. The molecule has 0 fully saturated rings. The Morgan fingerprint density at radius 3 is 2.48 bits per heavy atom. The molecule has 2 aromatic rings. The zero-order valence-electron chi connectivity index (χ0n) is 14.0. The van der Waals surface area contributed by atoms with Crippen LogP contribution < -0.4 is 10.6 Å². The summed E-state index contributed by atoms with van der Waals surface area (Å²) in [6, 6.07) is 12.9. The molecule has 0 radical (unpaired) electrons. The molecule has 2 amide bonds. The van der Waals surface area contributed by atoms with Crippen LogP contribution in [0.4, 0.5) is 5.69 Å². The van der Waals surface area contributed by atoms with Crippen LogP contribution in [0.25, 0.3) is 0 Å². The maximum atomic E-state index is 12.0. The second kappa shape index (κ2) is 8.05. The Balaban J connectivity index is 1.89. The Kier molecular flexibility index (Phi) is 5.84. The van der Waals surface area contributed by atoms with E-state index in [0.717, 1.165) is 11.1 Å². The number of aryl methyl sites for hydroxylation is 1. The standard InChI is InChI=1S/C18H19N3O4/c1-12-6-8-14(9-7-12)13(2)20-17(22)11-19-18(23)15-4-3-5-16(10-15)21(24)25/h3-10,13H,11H2,1-2H3,(H,19,23)(H,20,22). The third-order valence-corrected chi connectivity index (χ3v) is 3.68. The van der Waals surface area contributed by atoms with E-state index in [2.05, 4.69) is 10.6 Å². The van der Waals surface area contributed by atoms with Gasteiger partial charge in [-0.05, 0) is 25.5 Å². The SMILES string of the molecule is Cc1ccc(C(C)NC(=O)CNC(=O)c2cccc([N+](=O)[O-])c2)cc1. The van der Waals surface area contributed by atoms with Crippen LogP contribution in [0, 0.1) is 17.0 Å². The minimum Gasteiger partial charge on any atom is -0.348 e. The summed E-state index contributed by atoms with van der Waals surface area (Å²) in [6.45, 7) is 3.62. The van der Waals surface area contributed by atoms with E-state index in [-0.39, 0.29) is 29.7 Å². The summed E-state index contributed by atoms with van der Waals surface area (Å²) in [6.07, 6.45) is 0. The normalized spacial score (nSPS) is 11.4. The molecule has 25 heavy (non-hydrogen) atoms. The van der Waals surface area contributed by atoms with Gasteiger partial charge in [-0.25, -0.2) is 0 Å². The molecule has 7 nitrogen and oxygen atoms in total. The number of hydrogen-bond donors (Lipinski definition) is 2. The minimum atomic E-state index is -0.577. The summed E-state index contributed by atoms with van der Waals surface area (Å²) in [7, 11) is 0. The van der Waals surface area contributed by atoms with Crippen molar-refractivity contribution in [3.63, 3.8) is 0 Å². The first-order valence-electron chi connectivity index (χ1n) is 7.75. The summed E-state index contributed by atoms with van der Waals surface area (Å²) >= 11 is 0. The maximum Gasteiger partial charge on any atom is 0.270 e. The Labute approximate surface area is 145 Å². The van der Waals surface area contributed by atoms with E-state index in [0.29, 0.717) is 0 Å². The molecule has 2 rings (SSSR count). The number of non-ortho nitro benzene ring substituents is 1. The van der Waals surface area contributed by atoms with Crippen LogP contribution in [-0.2, 0) is 4.79 Å². The van der Waals surface area contributed by atoms with E-state index < -0.39 is 10.8 Å². The van der Waals surface area contributed by atoms with Gasteiger partial charge < -0.3 is 10.6 Å². The lowest BCUT2D eigenvalue weighted by Crippen LogP contribution is -2.38. The second-order valence-electron chi connectivity index (χ2n) is 5.69. The number of carbonyl (C=O) groups excluding carboxylic acids is 2. The monoisotopic (exact) mass is 341 g/mol. The van der Waals surface area contributed by atoms with Crippen molar-refractivity contribution in [1.82, 2.24) is 10.6 Å². The Bertz CT molecular complexity index is 787. The van der Waals surface area contributed by atoms with Gasteiger partial charge in [0.1, 0.15) is 0 Å². The first-order valence-corrected chi connectivity index (χ1v) is 7.75. The Morgan fingerprint density at radius 1 is 1.16 bits per heavy atom. The molecule has 1 unspecified atom stereocenters. The molecular formula is C18H19N3O4. The van der Waals surface area contributed by atoms with Crippen molar-refractivity contribution in [2.24, 2.45) is 0 Å². The minimum absolute atomic E-state index is 0.133. The number of carbonyl (C=O) groups is 2. The van der Waals surface area contributed by atoms with Crippen LogP contribution in [0.1, 0.15) is 34.5 Å². The lowest BCUT2D eigenvalue weighted by Gasteiger charge is -2.15. The highest BCUT2D eigenvalue weighted by Gasteiger charge is 2.14.